The van der Waals surface area contributed by atoms with Crippen molar-refractivity contribution < 1.29 is 15.0 Å². The standard InChI is InChI=1S/C20H39NO3/c1-3-4-5-6-7-8-9-10-11-12-13-14-15-16-18(23)19(21)20(24)17(2)22/h15-16,18-20,23-24H,3-14,21H2,1-2H3/b16-15+/t18-,19+,20?/m1/s1. The van der Waals surface area contributed by atoms with Crippen molar-refractivity contribution in [1.82, 2.24) is 0 Å². The van der Waals surface area contributed by atoms with Crippen LogP contribution >= 0.6 is 0 Å². The van der Waals surface area contributed by atoms with Gasteiger partial charge in [-0.2, -0.15) is 0 Å². The van der Waals surface area contributed by atoms with Crippen molar-refractivity contribution in [2.75, 3.05) is 0 Å². The van der Waals surface area contributed by atoms with Crippen LogP contribution in [-0.2, 0) is 4.79 Å². The molecule has 0 heterocycles. The fourth-order valence-electron chi connectivity index (χ4n) is 2.75. The van der Waals surface area contributed by atoms with Crippen LogP contribution < -0.4 is 5.73 Å². The number of allylic oxidation sites excluding steroid dienone is 1. The third kappa shape index (κ3) is 12.7. The first kappa shape index (κ1) is 23.3. The molecule has 0 aliphatic heterocycles. The van der Waals surface area contributed by atoms with Gasteiger partial charge in [-0.3, -0.25) is 4.79 Å². The molecule has 0 aliphatic carbocycles. The molecule has 4 N–H and O–H groups in total. The Morgan fingerprint density at radius 3 is 1.83 bits per heavy atom. The summed E-state index contributed by atoms with van der Waals surface area (Å²) in [6.07, 6.45) is 16.6. The van der Waals surface area contributed by atoms with Gasteiger partial charge in [0.05, 0.1) is 12.1 Å². The first-order valence-corrected chi connectivity index (χ1v) is 9.79. The van der Waals surface area contributed by atoms with Gasteiger partial charge in [-0.1, -0.05) is 83.3 Å². The lowest BCUT2D eigenvalue weighted by Crippen LogP contribution is -2.47. The van der Waals surface area contributed by atoms with Gasteiger partial charge in [0.1, 0.15) is 6.10 Å². The Bertz CT molecular complexity index is 331. The number of carbonyl (C=O) groups excluding carboxylic acids is 1. The van der Waals surface area contributed by atoms with E-state index in [0.29, 0.717) is 0 Å². The summed E-state index contributed by atoms with van der Waals surface area (Å²) in [7, 11) is 0. The zero-order chi connectivity index (χ0) is 18.2. The molecule has 0 aromatic carbocycles. The molecular formula is C20H39NO3. The van der Waals surface area contributed by atoms with Gasteiger partial charge in [0.15, 0.2) is 5.78 Å². The van der Waals surface area contributed by atoms with Crippen molar-refractivity contribution in [2.24, 2.45) is 5.73 Å². The second-order valence-electron chi connectivity index (χ2n) is 6.88. The van der Waals surface area contributed by atoms with Crippen LogP contribution in [0.4, 0.5) is 0 Å². The Kier molecular flexibility index (Phi) is 15.3. The topological polar surface area (TPSA) is 83.6 Å². The molecule has 24 heavy (non-hydrogen) atoms. The van der Waals surface area contributed by atoms with E-state index in [0.717, 1.165) is 12.8 Å². The van der Waals surface area contributed by atoms with Crippen molar-refractivity contribution in [3.8, 4) is 0 Å². The van der Waals surface area contributed by atoms with Crippen LogP contribution in [0.25, 0.3) is 0 Å². The number of ketones is 1. The predicted octanol–water partition coefficient (Wildman–Crippen LogP) is 3.88. The van der Waals surface area contributed by atoms with Crippen LogP contribution in [0.1, 0.15) is 90.9 Å². The summed E-state index contributed by atoms with van der Waals surface area (Å²) in [6, 6.07) is -0.948. The highest BCUT2D eigenvalue weighted by Gasteiger charge is 2.24. The zero-order valence-corrected chi connectivity index (χ0v) is 15.8. The smallest absolute Gasteiger partial charge is 0.159 e. The lowest BCUT2D eigenvalue weighted by atomic mass is 10.0. The highest BCUT2D eigenvalue weighted by molar-refractivity contribution is 5.81. The van der Waals surface area contributed by atoms with E-state index in [-0.39, 0.29) is 0 Å². The number of hydrogen-bond acceptors (Lipinski definition) is 4. The number of nitrogens with two attached hydrogens (primary N) is 1. The average molecular weight is 342 g/mol. The molecule has 0 amide bonds. The average Bonchev–Trinajstić information content (AvgIpc) is 2.57. The summed E-state index contributed by atoms with van der Waals surface area (Å²) >= 11 is 0. The minimum atomic E-state index is -1.30. The molecule has 0 aromatic rings. The maximum Gasteiger partial charge on any atom is 0.159 e. The summed E-state index contributed by atoms with van der Waals surface area (Å²) in [5, 5.41) is 19.3. The highest BCUT2D eigenvalue weighted by atomic mass is 16.3. The molecule has 0 rings (SSSR count). The third-order valence-electron chi connectivity index (χ3n) is 4.48. The highest BCUT2D eigenvalue weighted by Crippen LogP contribution is 2.12. The molecule has 0 radical (unpaired) electrons. The van der Waals surface area contributed by atoms with Gasteiger partial charge in [-0.05, 0) is 19.8 Å². The molecule has 4 heteroatoms. The van der Waals surface area contributed by atoms with Gasteiger partial charge < -0.3 is 15.9 Å². The Morgan fingerprint density at radius 2 is 1.38 bits per heavy atom. The quantitative estimate of drug-likeness (QED) is 0.294. The number of aliphatic hydroxyl groups excluding tert-OH is 2. The van der Waals surface area contributed by atoms with E-state index >= 15 is 0 Å². The van der Waals surface area contributed by atoms with E-state index in [4.69, 9.17) is 5.73 Å². The molecule has 0 bridgehead atoms. The van der Waals surface area contributed by atoms with E-state index in [9.17, 15) is 15.0 Å². The van der Waals surface area contributed by atoms with Gasteiger partial charge in [-0.25, -0.2) is 0 Å². The summed E-state index contributed by atoms with van der Waals surface area (Å²) in [5.41, 5.74) is 5.64. The largest absolute Gasteiger partial charge is 0.387 e. The molecule has 0 aromatic heterocycles. The van der Waals surface area contributed by atoms with E-state index in [2.05, 4.69) is 6.92 Å². The Morgan fingerprint density at radius 1 is 0.917 bits per heavy atom. The summed E-state index contributed by atoms with van der Waals surface area (Å²) < 4.78 is 0. The van der Waals surface area contributed by atoms with Crippen molar-refractivity contribution in [3.05, 3.63) is 12.2 Å². The Balaban J connectivity index is 3.48. The van der Waals surface area contributed by atoms with Crippen LogP contribution in [0.2, 0.25) is 0 Å². The molecule has 0 saturated carbocycles. The number of rotatable bonds is 16. The van der Waals surface area contributed by atoms with Crippen molar-refractivity contribution in [1.29, 1.82) is 0 Å². The molecule has 0 saturated heterocycles. The minimum Gasteiger partial charge on any atom is -0.387 e. The van der Waals surface area contributed by atoms with Gasteiger partial charge in [0, 0.05) is 0 Å². The zero-order valence-electron chi connectivity index (χ0n) is 15.8. The number of aliphatic hydroxyl groups is 2. The fourth-order valence-corrected chi connectivity index (χ4v) is 2.75. The van der Waals surface area contributed by atoms with Gasteiger partial charge in [0.2, 0.25) is 0 Å². The van der Waals surface area contributed by atoms with Crippen molar-refractivity contribution in [3.63, 3.8) is 0 Å². The van der Waals surface area contributed by atoms with Crippen LogP contribution in [-0.4, -0.2) is 34.2 Å². The molecule has 4 nitrogen and oxygen atoms in total. The number of Topliss-reactive ketones (excluding diaryl/α,β-unsaturated/α-hetero) is 1. The van der Waals surface area contributed by atoms with Crippen molar-refractivity contribution >= 4 is 5.78 Å². The summed E-state index contributed by atoms with van der Waals surface area (Å²) in [5.74, 6) is -0.416. The van der Waals surface area contributed by atoms with Crippen LogP contribution in [0.15, 0.2) is 12.2 Å². The molecule has 0 spiro atoms. The second kappa shape index (κ2) is 15.8. The lowest BCUT2D eigenvalue weighted by Gasteiger charge is -2.19. The van der Waals surface area contributed by atoms with E-state index in [1.165, 1.54) is 71.1 Å². The Labute approximate surface area is 148 Å². The molecular weight excluding hydrogens is 302 g/mol. The predicted molar refractivity (Wildman–Crippen MR) is 101 cm³/mol. The molecule has 3 atom stereocenters. The summed E-state index contributed by atoms with van der Waals surface area (Å²) in [6.45, 7) is 3.52. The number of carbonyl (C=O) groups is 1. The minimum absolute atomic E-state index is 0.416. The monoisotopic (exact) mass is 341 g/mol. The van der Waals surface area contributed by atoms with E-state index in [1.807, 2.05) is 6.08 Å². The lowest BCUT2D eigenvalue weighted by molar-refractivity contribution is -0.127. The van der Waals surface area contributed by atoms with Crippen LogP contribution in [0.5, 0.6) is 0 Å². The molecule has 1 unspecified atom stereocenters. The van der Waals surface area contributed by atoms with Crippen LogP contribution in [0.3, 0.4) is 0 Å². The number of hydrogen-bond donors (Lipinski definition) is 3. The van der Waals surface area contributed by atoms with Gasteiger partial charge in [-0.15, -0.1) is 0 Å². The molecule has 0 aliphatic rings. The number of unbranched alkanes of at least 4 members (excludes halogenated alkanes) is 11. The fraction of sp³-hybridized carbons (Fsp3) is 0.850. The van der Waals surface area contributed by atoms with Gasteiger partial charge >= 0.3 is 0 Å². The summed E-state index contributed by atoms with van der Waals surface area (Å²) in [4.78, 5) is 11.0. The van der Waals surface area contributed by atoms with E-state index in [1.54, 1.807) is 6.08 Å². The Hall–Kier alpha value is -0.710. The first-order valence-electron chi connectivity index (χ1n) is 9.79. The molecule has 0 fully saturated rings. The van der Waals surface area contributed by atoms with Crippen LogP contribution in [0, 0.1) is 0 Å². The molecule has 142 valence electrons. The SMILES string of the molecule is CCCCCCCCCCCCC/C=C/[C@@H](O)[C@H](N)C(O)C(C)=O. The maximum atomic E-state index is 11.0. The normalized spacial score (nSPS) is 15.5. The first-order chi connectivity index (χ1) is 11.5. The maximum absolute atomic E-state index is 11.0. The van der Waals surface area contributed by atoms with Crippen molar-refractivity contribution in [2.45, 2.75) is 109 Å². The van der Waals surface area contributed by atoms with Gasteiger partial charge in [0.25, 0.3) is 0 Å². The third-order valence-corrected chi connectivity index (χ3v) is 4.48. The second-order valence-corrected chi connectivity index (χ2v) is 6.88. The van der Waals surface area contributed by atoms with E-state index < -0.39 is 24.0 Å².